The van der Waals surface area contributed by atoms with Crippen LogP contribution in [0.1, 0.15) is 31.2 Å². The van der Waals surface area contributed by atoms with Crippen LogP contribution in [0.3, 0.4) is 0 Å². The van der Waals surface area contributed by atoms with Crippen molar-refractivity contribution in [2.24, 2.45) is 5.92 Å². The molecule has 1 aromatic carbocycles. The molecule has 1 amide bonds. The van der Waals surface area contributed by atoms with Crippen LogP contribution in [0.15, 0.2) is 18.2 Å². The molecule has 1 radical (unpaired) electrons. The van der Waals surface area contributed by atoms with Crippen molar-refractivity contribution in [1.29, 1.82) is 0 Å². The lowest BCUT2D eigenvalue weighted by atomic mass is 9.94. The molecule has 1 saturated heterocycles. The van der Waals surface area contributed by atoms with Crippen molar-refractivity contribution >= 4 is 11.6 Å². The highest BCUT2D eigenvalue weighted by Crippen LogP contribution is 2.18. The first-order valence-corrected chi connectivity index (χ1v) is 6.84. The number of halogens is 1. The third-order valence-corrected chi connectivity index (χ3v) is 3.55. The van der Waals surface area contributed by atoms with Crippen LogP contribution in [-0.2, 0) is 4.79 Å². The molecule has 103 valence electrons. The Balaban J connectivity index is 1.78. The Hall–Kier alpha value is -1.42. The first-order chi connectivity index (χ1) is 9.15. The quantitative estimate of drug-likeness (QED) is 0.891. The molecule has 0 saturated carbocycles. The van der Waals surface area contributed by atoms with Crippen molar-refractivity contribution in [3.05, 3.63) is 29.6 Å². The molecular weight excluding hydrogens is 243 g/mol. The van der Waals surface area contributed by atoms with E-state index < -0.39 is 0 Å². The summed E-state index contributed by atoms with van der Waals surface area (Å²) in [6.07, 6.45) is 3.64. The lowest BCUT2D eigenvalue weighted by Gasteiger charge is -2.20. The van der Waals surface area contributed by atoms with E-state index in [9.17, 15) is 9.18 Å². The largest absolute Gasteiger partial charge is 0.326 e. The molecule has 1 N–H and O–H groups in total. The molecule has 1 heterocycles. The minimum Gasteiger partial charge on any atom is -0.326 e. The van der Waals surface area contributed by atoms with Gasteiger partial charge in [-0.3, -0.25) is 4.79 Å². The number of hydrogen-bond acceptors (Lipinski definition) is 1. The topological polar surface area (TPSA) is 43.2 Å². The van der Waals surface area contributed by atoms with Crippen molar-refractivity contribution in [3.8, 4) is 0 Å². The van der Waals surface area contributed by atoms with Gasteiger partial charge >= 0.3 is 0 Å². The summed E-state index contributed by atoms with van der Waals surface area (Å²) < 4.78 is 13.3. The van der Waals surface area contributed by atoms with Crippen LogP contribution in [0.4, 0.5) is 10.1 Å². The maximum absolute atomic E-state index is 13.3. The number of nitrogens with zero attached hydrogens (tertiary/aromatic N) is 1. The molecule has 0 spiro atoms. The molecule has 1 unspecified atom stereocenters. The molecular formula is C15H20FN2O. The summed E-state index contributed by atoms with van der Waals surface area (Å²) >= 11 is 0. The second-order valence-electron chi connectivity index (χ2n) is 5.19. The Morgan fingerprint density at radius 3 is 3.05 bits per heavy atom. The number of nitrogens with one attached hydrogen (secondary N) is 1. The van der Waals surface area contributed by atoms with Crippen LogP contribution in [-0.4, -0.2) is 19.0 Å². The monoisotopic (exact) mass is 263 g/mol. The lowest BCUT2D eigenvalue weighted by molar-refractivity contribution is -0.116. The molecule has 1 fully saturated rings. The van der Waals surface area contributed by atoms with Crippen LogP contribution < -0.4 is 10.6 Å². The Labute approximate surface area is 113 Å². The van der Waals surface area contributed by atoms with Gasteiger partial charge in [-0.05, 0) is 49.8 Å². The molecule has 0 aliphatic carbocycles. The van der Waals surface area contributed by atoms with Crippen molar-refractivity contribution in [2.45, 2.75) is 32.6 Å². The number of carbonyl (C=O) groups excluding carboxylic acids is 1. The van der Waals surface area contributed by atoms with Gasteiger partial charge in [0.15, 0.2) is 0 Å². The van der Waals surface area contributed by atoms with Crippen LogP contribution in [0.25, 0.3) is 0 Å². The van der Waals surface area contributed by atoms with Crippen LogP contribution in [0.2, 0.25) is 0 Å². The number of anilines is 1. The molecule has 1 aliphatic heterocycles. The van der Waals surface area contributed by atoms with E-state index in [1.807, 2.05) is 0 Å². The Morgan fingerprint density at radius 2 is 2.37 bits per heavy atom. The molecule has 0 bridgehead atoms. The predicted molar refractivity (Wildman–Crippen MR) is 73.6 cm³/mol. The van der Waals surface area contributed by atoms with Crippen molar-refractivity contribution < 1.29 is 9.18 Å². The van der Waals surface area contributed by atoms with E-state index in [4.69, 9.17) is 0 Å². The SMILES string of the molecule is Cc1ccc(NC(=O)CCC2CCC[N]C2)cc1F. The van der Waals surface area contributed by atoms with E-state index in [1.165, 1.54) is 6.07 Å². The zero-order valence-corrected chi connectivity index (χ0v) is 11.3. The van der Waals surface area contributed by atoms with Gasteiger partial charge in [0.25, 0.3) is 0 Å². The average molecular weight is 263 g/mol. The van der Waals surface area contributed by atoms with E-state index in [2.05, 4.69) is 10.6 Å². The number of aryl methyl sites for hydroxylation is 1. The maximum Gasteiger partial charge on any atom is 0.224 e. The average Bonchev–Trinajstić information content (AvgIpc) is 2.42. The highest BCUT2D eigenvalue weighted by molar-refractivity contribution is 5.90. The van der Waals surface area contributed by atoms with Gasteiger partial charge in [-0.25, -0.2) is 9.71 Å². The first-order valence-electron chi connectivity index (χ1n) is 6.84. The Bertz CT molecular complexity index is 442. The lowest BCUT2D eigenvalue weighted by Crippen LogP contribution is -2.25. The predicted octanol–water partition coefficient (Wildman–Crippen LogP) is 2.87. The Morgan fingerprint density at radius 1 is 1.53 bits per heavy atom. The smallest absolute Gasteiger partial charge is 0.224 e. The maximum atomic E-state index is 13.3. The van der Waals surface area contributed by atoms with Crippen LogP contribution in [0, 0.1) is 18.7 Å². The normalized spacial score (nSPS) is 19.2. The minimum absolute atomic E-state index is 0.0474. The number of benzene rings is 1. The first kappa shape index (κ1) is 14.0. The van der Waals surface area contributed by atoms with Gasteiger partial charge in [-0.1, -0.05) is 6.07 Å². The summed E-state index contributed by atoms with van der Waals surface area (Å²) in [6, 6.07) is 4.76. The number of piperidine rings is 1. The number of rotatable bonds is 4. The summed E-state index contributed by atoms with van der Waals surface area (Å²) in [5, 5.41) is 7.10. The summed E-state index contributed by atoms with van der Waals surface area (Å²) in [6.45, 7) is 3.55. The fourth-order valence-corrected chi connectivity index (χ4v) is 2.32. The van der Waals surface area contributed by atoms with Crippen molar-refractivity contribution in [3.63, 3.8) is 0 Å². The number of amides is 1. The third-order valence-electron chi connectivity index (χ3n) is 3.55. The molecule has 1 aromatic rings. The number of carbonyl (C=O) groups is 1. The van der Waals surface area contributed by atoms with E-state index in [1.54, 1.807) is 19.1 Å². The molecule has 1 aliphatic rings. The van der Waals surface area contributed by atoms with E-state index in [0.29, 0.717) is 23.6 Å². The highest BCUT2D eigenvalue weighted by Gasteiger charge is 2.15. The molecule has 3 nitrogen and oxygen atoms in total. The van der Waals surface area contributed by atoms with E-state index in [-0.39, 0.29) is 11.7 Å². The minimum atomic E-state index is -0.288. The third kappa shape index (κ3) is 4.31. The fourth-order valence-electron chi connectivity index (χ4n) is 2.32. The Kier molecular flexibility index (Phi) is 4.91. The molecule has 2 rings (SSSR count). The molecule has 19 heavy (non-hydrogen) atoms. The van der Waals surface area contributed by atoms with Gasteiger partial charge in [0.05, 0.1) is 0 Å². The molecule has 1 atom stereocenters. The van der Waals surface area contributed by atoms with Crippen LogP contribution in [0.5, 0.6) is 0 Å². The zero-order valence-electron chi connectivity index (χ0n) is 11.3. The van der Waals surface area contributed by atoms with Gasteiger partial charge in [0.2, 0.25) is 5.91 Å². The van der Waals surface area contributed by atoms with Crippen LogP contribution >= 0.6 is 0 Å². The summed E-state index contributed by atoms with van der Waals surface area (Å²) in [7, 11) is 0. The standard InChI is InChI=1S/C15H20FN2O/c1-11-4-6-13(9-14(11)16)18-15(19)7-5-12-3-2-8-17-10-12/h4,6,9,12H,2-3,5,7-8,10H2,1H3,(H,18,19). The highest BCUT2D eigenvalue weighted by atomic mass is 19.1. The van der Waals surface area contributed by atoms with Crippen molar-refractivity contribution in [1.82, 2.24) is 5.32 Å². The fraction of sp³-hybridized carbons (Fsp3) is 0.533. The summed E-state index contributed by atoms with van der Waals surface area (Å²) in [5.41, 5.74) is 1.11. The second kappa shape index (κ2) is 6.66. The second-order valence-corrected chi connectivity index (χ2v) is 5.19. The van der Waals surface area contributed by atoms with Crippen molar-refractivity contribution in [2.75, 3.05) is 18.4 Å². The van der Waals surface area contributed by atoms with Gasteiger partial charge in [-0.2, -0.15) is 0 Å². The van der Waals surface area contributed by atoms with Gasteiger partial charge < -0.3 is 5.32 Å². The number of hydrogen-bond donors (Lipinski definition) is 1. The summed E-state index contributed by atoms with van der Waals surface area (Å²) in [5.74, 6) is 0.201. The molecule has 0 aromatic heterocycles. The van der Waals surface area contributed by atoms with Gasteiger partial charge in [0, 0.05) is 25.2 Å². The van der Waals surface area contributed by atoms with Gasteiger partial charge in [0.1, 0.15) is 5.82 Å². The molecule has 4 heteroatoms. The van der Waals surface area contributed by atoms with Gasteiger partial charge in [-0.15, -0.1) is 0 Å². The summed E-state index contributed by atoms with van der Waals surface area (Å²) in [4.78, 5) is 11.8. The van der Waals surface area contributed by atoms with E-state index >= 15 is 0 Å². The van der Waals surface area contributed by atoms with E-state index in [0.717, 1.165) is 32.4 Å². The zero-order chi connectivity index (χ0) is 13.7.